The van der Waals surface area contributed by atoms with Gasteiger partial charge in [-0.15, -0.1) is 6.07 Å². The maximum absolute atomic E-state index is 7.22. The van der Waals surface area contributed by atoms with Gasteiger partial charge in [0.25, 0.3) is 0 Å². The predicted molar refractivity (Wildman–Crippen MR) is 70.0 cm³/mol. The molecule has 2 aromatic carbocycles. The zero-order chi connectivity index (χ0) is 12.8. The Balaban J connectivity index is 0.00000180. The molecule has 0 radical (unpaired) electrons. The van der Waals surface area contributed by atoms with Crippen LogP contribution in [0.4, 0.5) is 0 Å². The number of methoxy groups -OCH3 is 1. The van der Waals surface area contributed by atoms with Crippen molar-refractivity contribution in [3.63, 3.8) is 0 Å². The van der Waals surface area contributed by atoms with E-state index in [0.29, 0.717) is 23.7 Å². The molecule has 0 N–H and O–H groups in total. The monoisotopic (exact) mass is 300 g/mol. The first-order chi connectivity index (χ1) is 8.83. The van der Waals surface area contributed by atoms with Crippen LogP contribution in [-0.4, -0.2) is 7.11 Å². The van der Waals surface area contributed by atoms with Gasteiger partial charge in [0.05, 0.1) is 12.9 Å². The third-order valence-corrected chi connectivity index (χ3v) is 2.56. The van der Waals surface area contributed by atoms with Crippen LogP contribution in [0, 0.1) is 12.3 Å². The maximum atomic E-state index is 7.22. The number of ether oxygens (including phenoxy) is 2. The van der Waals surface area contributed by atoms with E-state index in [-0.39, 0.29) is 17.1 Å². The molecule has 0 heterocycles. The average molecular weight is 301 g/mol. The van der Waals surface area contributed by atoms with Crippen molar-refractivity contribution in [1.29, 1.82) is 0 Å². The summed E-state index contributed by atoms with van der Waals surface area (Å²) in [5, 5.41) is 0. The van der Waals surface area contributed by atoms with Crippen molar-refractivity contribution in [2.45, 2.75) is 6.61 Å². The molecule has 0 aliphatic rings. The largest absolute Gasteiger partial charge is 1.00 e. The Morgan fingerprint density at radius 1 is 1.11 bits per heavy atom. The van der Waals surface area contributed by atoms with E-state index in [2.05, 4.69) is 5.92 Å². The van der Waals surface area contributed by atoms with Gasteiger partial charge in [0.15, 0.2) is 0 Å². The Morgan fingerprint density at radius 2 is 1.84 bits per heavy atom. The van der Waals surface area contributed by atoms with Crippen molar-refractivity contribution in [2.24, 2.45) is 0 Å². The van der Waals surface area contributed by atoms with E-state index < -0.39 is 0 Å². The summed E-state index contributed by atoms with van der Waals surface area (Å²) in [5.74, 6) is 3.66. The van der Waals surface area contributed by atoms with Crippen LogP contribution in [0.5, 0.6) is 11.5 Å². The molecule has 2 aromatic rings. The smallest absolute Gasteiger partial charge is 0.506 e. The summed E-state index contributed by atoms with van der Waals surface area (Å²) in [6, 6.07) is 15.2. The predicted octanol–water partition coefficient (Wildman–Crippen LogP) is 3.21. The van der Waals surface area contributed by atoms with Crippen molar-refractivity contribution < 1.29 is 26.5 Å². The summed E-state index contributed by atoms with van der Waals surface area (Å²) in [5.41, 5.74) is 1.70. The molecule has 2 nitrogen and oxygen atoms in total. The molecule has 100 valence electrons. The second-order valence-corrected chi connectivity index (χ2v) is 3.76. The van der Waals surface area contributed by atoms with Gasteiger partial charge in [-0.3, -0.25) is 5.92 Å². The summed E-state index contributed by atoms with van der Waals surface area (Å²) in [6.07, 6.45) is 7.22. The molecular weight excluding hydrogens is 288 g/mol. The Bertz CT molecular complexity index is 559. The van der Waals surface area contributed by atoms with Gasteiger partial charge < -0.3 is 15.9 Å². The van der Waals surface area contributed by atoms with Crippen LogP contribution in [0.3, 0.4) is 0 Å². The van der Waals surface area contributed by atoms with Crippen LogP contribution >= 0.6 is 0 Å². The zero-order valence-electron chi connectivity index (χ0n) is 10.4. The van der Waals surface area contributed by atoms with Gasteiger partial charge in [-0.1, -0.05) is 35.9 Å². The molecule has 19 heavy (non-hydrogen) atoms. The quantitative estimate of drug-likeness (QED) is 0.490. The van der Waals surface area contributed by atoms with E-state index in [9.17, 15) is 0 Å². The average Bonchev–Trinajstić information content (AvgIpc) is 2.45. The fourth-order valence-corrected chi connectivity index (χ4v) is 1.59. The Kier molecular flexibility index (Phi) is 6.02. The molecule has 0 bridgehead atoms. The third kappa shape index (κ3) is 4.06. The van der Waals surface area contributed by atoms with Crippen LogP contribution in [0.1, 0.15) is 11.1 Å². The van der Waals surface area contributed by atoms with E-state index in [1.165, 1.54) is 0 Å². The van der Waals surface area contributed by atoms with Crippen LogP contribution in [0.2, 0.25) is 0 Å². The summed E-state index contributed by atoms with van der Waals surface area (Å²) in [4.78, 5) is 0. The molecule has 0 atom stereocenters. The summed E-state index contributed by atoms with van der Waals surface area (Å²) in [6.45, 7) is 0.461. The molecule has 0 aliphatic heterocycles. The molecule has 0 aromatic heterocycles. The Morgan fingerprint density at radius 3 is 2.47 bits per heavy atom. The topological polar surface area (TPSA) is 18.5 Å². The number of hydrogen-bond acceptors (Lipinski definition) is 2. The van der Waals surface area contributed by atoms with Gasteiger partial charge in [-0.25, -0.2) is 0 Å². The van der Waals surface area contributed by atoms with E-state index >= 15 is 0 Å². The van der Waals surface area contributed by atoms with E-state index in [4.69, 9.17) is 15.9 Å². The molecule has 0 saturated carbocycles. The minimum absolute atomic E-state index is 0. The van der Waals surface area contributed by atoms with E-state index in [0.717, 1.165) is 5.56 Å². The first-order valence-electron chi connectivity index (χ1n) is 5.61. The number of benzene rings is 2. The molecule has 0 amide bonds. The molecule has 0 unspecified atom stereocenters. The first kappa shape index (κ1) is 15.2. The maximum Gasteiger partial charge on any atom is 1.00 e. The fourth-order valence-electron chi connectivity index (χ4n) is 1.59. The van der Waals surface area contributed by atoms with Gasteiger partial charge in [0.1, 0.15) is 12.4 Å². The van der Waals surface area contributed by atoms with Crippen molar-refractivity contribution >= 4 is 0 Å². The van der Waals surface area contributed by atoms with E-state index in [1.54, 1.807) is 25.3 Å². The number of hydrogen-bond donors (Lipinski definition) is 0. The summed E-state index contributed by atoms with van der Waals surface area (Å²) in [7, 11) is 1.60. The van der Waals surface area contributed by atoms with Crippen molar-refractivity contribution in [3.8, 4) is 17.4 Å². The standard InChI is InChI=1S/C16H13O2.Cu/c1-3-14-9-10-15(17-2)11-16(14)18-12-13-7-5-4-6-8-13;/h4-11H,12H2,2H3;/q-1;+1. The normalized spacial score (nSPS) is 9.05. The Hall–Kier alpha value is -1.88. The minimum atomic E-state index is 0. The van der Waals surface area contributed by atoms with E-state index in [1.807, 2.05) is 30.3 Å². The second kappa shape index (κ2) is 7.53. The molecule has 2 rings (SSSR count). The molecular formula is C16H13CuO2. The number of rotatable bonds is 4. The fraction of sp³-hybridized carbons (Fsp3) is 0.125. The van der Waals surface area contributed by atoms with Gasteiger partial charge in [-0.2, -0.15) is 0 Å². The van der Waals surface area contributed by atoms with Crippen molar-refractivity contribution in [3.05, 3.63) is 66.1 Å². The van der Waals surface area contributed by atoms with Gasteiger partial charge in [-0.05, 0) is 11.6 Å². The van der Waals surface area contributed by atoms with Crippen molar-refractivity contribution in [1.82, 2.24) is 0 Å². The van der Waals surface area contributed by atoms with Crippen LogP contribution in [0.15, 0.2) is 48.5 Å². The van der Waals surface area contributed by atoms with Gasteiger partial charge in [0.2, 0.25) is 0 Å². The van der Waals surface area contributed by atoms with Crippen LogP contribution in [0.25, 0.3) is 0 Å². The minimum Gasteiger partial charge on any atom is -0.506 e. The molecule has 0 spiro atoms. The summed E-state index contributed by atoms with van der Waals surface area (Å²) >= 11 is 0. The van der Waals surface area contributed by atoms with Gasteiger partial charge >= 0.3 is 17.1 Å². The molecule has 3 heteroatoms. The third-order valence-electron chi connectivity index (χ3n) is 2.56. The zero-order valence-corrected chi connectivity index (χ0v) is 11.4. The van der Waals surface area contributed by atoms with Crippen LogP contribution in [-0.2, 0) is 23.7 Å². The van der Waals surface area contributed by atoms with Crippen LogP contribution < -0.4 is 9.47 Å². The Labute approximate surface area is 124 Å². The summed E-state index contributed by atoms with van der Waals surface area (Å²) < 4.78 is 10.8. The SMILES string of the molecule is [C-]#Cc1ccc(OC)cc1OCc1ccccc1.[Cu+]. The molecule has 0 saturated heterocycles. The van der Waals surface area contributed by atoms with Crippen molar-refractivity contribution in [2.75, 3.05) is 7.11 Å². The molecule has 0 aliphatic carbocycles. The van der Waals surface area contributed by atoms with Gasteiger partial charge in [0, 0.05) is 6.07 Å². The molecule has 0 fully saturated rings. The first-order valence-corrected chi connectivity index (χ1v) is 5.61. The second-order valence-electron chi connectivity index (χ2n) is 3.76.